The van der Waals surface area contributed by atoms with Crippen LogP contribution in [0.2, 0.25) is 0 Å². The van der Waals surface area contributed by atoms with Gasteiger partial charge in [-0.2, -0.15) is 0 Å². The summed E-state index contributed by atoms with van der Waals surface area (Å²) < 4.78 is 23.2. The fourth-order valence-corrected chi connectivity index (χ4v) is 6.96. The van der Waals surface area contributed by atoms with Gasteiger partial charge in [0.05, 0.1) is 39.9 Å². The number of carbonyl (C=O) groups excluding carboxylic acids is 1. The molecule has 57 heavy (non-hydrogen) atoms. The number of aliphatic hydroxyl groups is 1. The largest absolute Gasteiger partial charge is 0.756 e. The van der Waals surface area contributed by atoms with Crippen LogP contribution in [-0.4, -0.2) is 68.5 Å². The molecule has 0 aliphatic heterocycles. The lowest BCUT2D eigenvalue weighted by atomic mass is 10.0. The van der Waals surface area contributed by atoms with Crippen LogP contribution in [0, 0.1) is 0 Å². The van der Waals surface area contributed by atoms with E-state index < -0.39 is 26.6 Å². The highest BCUT2D eigenvalue weighted by molar-refractivity contribution is 7.45. The Labute approximate surface area is 351 Å². The molecule has 2 N–H and O–H groups in total. The lowest BCUT2D eigenvalue weighted by Gasteiger charge is -2.29. The lowest BCUT2D eigenvalue weighted by Crippen LogP contribution is -2.45. The third-order valence-corrected chi connectivity index (χ3v) is 10.9. The molecule has 9 heteroatoms. The van der Waals surface area contributed by atoms with E-state index in [1.165, 1.54) is 116 Å². The Kier molecular flexibility index (Phi) is 38.4. The number of nitrogens with zero attached hydrogens (tertiary/aromatic N) is 1. The van der Waals surface area contributed by atoms with Gasteiger partial charge in [0.2, 0.25) is 5.91 Å². The fourth-order valence-electron chi connectivity index (χ4n) is 6.23. The van der Waals surface area contributed by atoms with E-state index in [2.05, 4.69) is 67.8 Å². The van der Waals surface area contributed by atoms with Crippen LogP contribution in [0.15, 0.2) is 60.8 Å². The van der Waals surface area contributed by atoms with Gasteiger partial charge in [-0.1, -0.05) is 171 Å². The van der Waals surface area contributed by atoms with E-state index in [4.69, 9.17) is 9.05 Å². The monoisotopic (exact) mass is 821 g/mol. The Morgan fingerprint density at radius 2 is 1.04 bits per heavy atom. The molecule has 0 heterocycles. The molecule has 1 amide bonds. The van der Waals surface area contributed by atoms with Gasteiger partial charge < -0.3 is 28.8 Å². The summed E-state index contributed by atoms with van der Waals surface area (Å²) in [5.74, 6) is -0.218. The Hall–Kier alpha value is -1.80. The smallest absolute Gasteiger partial charge is 0.268 e. The maximum Gasteiger partial charge on any atom is 0.268 e. The van der Waals surface area contributed by atoms with Crippen molar-refractivity contribution in [3.05, 3.63) is 60.8 Å². The van der Waals surface area contributed by atoms with Crippen molar-refractivity contribution in [2.45, 2.75) is 199 Å². The third kappa shape index (κ3) is 42.1. The Bertz CT molecular complexity index is 1110. The number of phosphoric ester groups is 1. The Balaban J connectivity index is 4.47. The number of hydrogen-bond acceptors (Lipinski definition) is 6. The SMILES string of the molecule is CCCCC/C=C\C=C/CCCCCCCCCCCCC(=O)NC(COP(=O)([O-])OCC[N+](C)(C)C)C(O)/C=C/CC/C=C/CC/C=C/CCCCCCCC. The van der Waals surface area contributed by atoms with Crippen LogP contribution in [-0.2, 0) is 18.4 Å². The van der Waals surface area contributed by atoms with Gasteiger partial charge in [-0.3, -0.25) is 9.36 Å². The van der Waals surface area contributed by atoms with Crippen molar-refractivity contribution >= 4 is 13.7 Å². The Morgan fingerprint density at radius 1 is 0.614 bits per heavy atom. The van der Waals surface area contributed by atoms with E-state index in [-0.39, 0.29) is 12.5 Å². The first-order valence-electron chi connectivity index (χ1n) is 23.2. The number of amides is 1. The molecule has 0 aliphatic rings. The topological polar surface area (TPSA) is 108 Å². The highest BCUT2D eigenvalue weighted by Gasteiger charge is 2.23. The van der Waals surface area contributed by atoms with Crippen LogP contribution < -0.4 is 10.2 Å². The molecule has 0 radical (unpaired) electrons. The maximum absolute atomic E-state index is 12.9. The molecule has 0 aliphatic carbocycles. The molecule has 3 unspecified atom stereocenters. The second kappa shape index (κ2) is 39.6. The second-order valence-corrected chi connectivity index (χ2v) is 18.2. The minimum Gasteiger partial charge on any atom is -0.756 e. The van der Waals surface area contributed by atoms with E-state index in [0.717, 1.165) is 51.4 Å². The third-order valence-electron chi connectivity index (χ3n) is 9.96. The molecule has 0 saturated carbocycles. The van der Waals surface area contributed by atoms with Gasteiger partial charge in [0, 0.05) is 6.42 Å². The van der Waals surface area contributed by atoms with Gasteiger partial charge in [0.1, 0.15) is 13.2 Å². The Morgan fingerprint density at radius 3 is 1.56 bits per heavy atom. The number of nitrogens with one attached hydrogen (secondary N) is 1. The molecular formula is C48H89N2O6P. The van der Waals surface area contributed by atoms with Gasteiger partial charge in [0.25, 0.3) is 7.82 Å². The van der Waals surface area contributed by atoms with Crippen molar-refractivity contribution in [1.29, 1.82) is 0 Å². The highest BCUT2D eigenvalue weighted by Crippen LogP contribution is 2.38. The number of carbonyl (C=O) groups is 1. The van der Waals surface area contributed by atoms with Crippen molar-refractivity contribution in [1.82, 2.24) is 5.32 Å². The summed E-state index contributed by atoms with van der Waals surface area (Å²) in [4.78, 5) is 25.3. The zero-order valence-electron chi connectivity index (χ0n) is 37.5. The number of hydrogen-bond donors (Lipinski definition) is 2. The molecule has 3 atom stereocenters. The van der Waals surface area contributed by atoms with E-state index in [0.29, 0.717) is 17.4 Å². The number of phosphoric acid groups is 1. The summed E-state index contributed by atoms with van der Waals surface area (Å²) >= 11 is 0. The van der Waals surface area contributed by atoms with Crippen molar-refractivity contribution in [2.75, 3.05) is 40.9 Å². The van der Waals surface area contributed by atoms with Gasteiger partial charge in [-0.15, -0.1) is 0 Å². The van der Waals surface area contributed by atoms with Crippen molar-refractivity contribution in [3.63, 3.8) is 0 Å². The first-order valence-corrected chi connectivity index (χ1v) is 24.6. The maximum atomic E-state index is 12.9. The zero-order chi connectivity index (χ0) is 42.1. The summed E-state index contributed by atoms with van der Waals surface area (Å²) in [6.45, 7) is 4.56. The average Bonchev–Trinajstić information content (AvgIpc) is 3.16. The molecule has 0 rings (SSSR count). The first kappa shape index (κ1) is 55.2. The molecule has 0 spiro atoms. The number of quaternary nitrogens is 1. The summed E-state index contributed by atoms with van der Waals surface area (Å²) in [6, 6.07) is -0.912. The van der Waals surface area contributed by atoms with Crippen LogP contribution in [0.1, 0.15) is 187 Å². The molecule has 0 aromatic carbocycles. The molecule has 0 saturated heterocycles. The molecule has 0 aromatic heterocycles. The van der Waals surface area contributed by atoms with Crippen LogP contribution in [0.3, 0.4) is 0 Å². The summed E-state index contributed by atoms with van der Waals surface area (Å²) in [5, 5.41) is 13.8. The van der Waals surface area contributed by atoms with Crippen LogP contribution in [0.25, 0.3) is 0 Å². The standard InChI is InChI=1S/C48H89N2O6P/c1-6-8-10-12-14-16-18-20-22-24-25-26-28-30-32-34-36-38-40-42-48(52)49-46(45-56-57(53,54)55-44-43-50(3,4)5)47(51)41-39-37-35-33-31-29-27-23-21-19-17-15-13-11-9-7-2/h14,16,18,20-21,23,31,33,39,41,46-47,51H,6-13,15,17,19,22,24-30,32,34-38,40,42-45H2,1-5H3,(H-,49,52,53,54)/b16-14-,20-18-,23-21+,33-31+,41-39+. The minimum atomic E-state index is -4.60. The molecule has 0 aromatic rings. The van der Waals surface area contributed by atoms with E-state index in [1.807, 2.05) is 27.2 Å². The molecule has 0 fully saturated rings. The number of unbranched alkanes of at least 4 members (excludes halogenated alkanes) is 21. The summed E-state index contributed by atoms with van der Waals surface area (Å²) in [5.41, 5.74) is 0. The number of aliphatic hydroxyl groups excluding tert-OH is 1. The number of allylic oxidation sites excluding steroid dienone is 9. The molecular weight excluding hydrogens is 732 g/mol. The number of likely N-dealkylation sites (N-methyl/N-ethyl adjacent to an activating group) is 1. The summed E-state index contributed by atoms with van der Waals surface area (Å²) in [7, 11) is 1.22. The number of rotatable bonds is 41. The normalized spacial score (nSPS) is 14.9. The van der Waals surface area contributed by atoms with Crippen LogP contribution in [0.5, 0.6) is 0 Å². The summed E-state index contributed by atoms with van der Waals surface area (Å²) in [6.07, 6.45) is 51.2. The zero-order valence-corrected chi connectivity index (χ0v) is 38.4. The van der Waals surface area contributed by atoms with E-state index >= 15 is 0 Å². The molecule has 332 valence electrons. The highest BCUT2D eigenvalue weighted by atomic mass is 31.2. The lowest BCUT2D eigenvalue weighted by molar-refractivity contribution is -0.870. The molecule has 0 bridgehead atoms. The van der Waals surface area contributed by atoms with E-state index in [9.17, 15) is 19.4 Å². The minimum absolute atomic E-state index is 0.0118. The second-order valence-electron chi connectivity index (χ2n) is 16.8. The van der Waals surface area contributed by atoms with Crippen molar-refractivity contribution in [3.8, 4) is 0 Å². The van der Waals surface area contributed by atoms with E-state index in [1.54, 1.807) is 6.08 Å². The predicted octanol–water partition coefficient (Wildman–Crippen LogP) is 12.4. The predicted molar refractivity (Wildman–Crippen MR) is 242 cm³/mol. The van der Waals surface area contributed by atoms with Crippen molar-refractivity contribution in [2.24, 2.45) is 0 Å². The first-order chi connectivity index (χ1) is 27.5. The van der Waals surface area contributed by atoms with Gasteiger partial charge in [-0.05, 0) is 70.6 Å². The molecule has 8 nitrogen and oxygen atoms in total. The quantitative estimate of drug-likeness (QED) is 0.0209. The van der Waals surface area contributed by atoms with Gasteiger partial charge in [0.15, 0.2) is 0 Å². The van der Waals surface area contributed by atoms with Crippen LogP contribution in [0.4, 0.5) is 0 Å². The van der Waals surface area contributed by atoms with Gasteiger partial charge >= 0.3 is 0 Å². The van der Waals surface area contributed by atoms with Crippen LogP contribution >= 0.6 is 7.82 Å². The average molecular weight is 821 g/mol. The van der Waals surface area contributed by atoms with Crippen molar-refractivity contribution < 1.29 is 32.9 Å². The van der Waals surface area contributed by atoms with Gasteiger partial charge in [-0.25, -0.2) is 0 Å². The fraction of sp³-hybridized carbons (Fsp3) is 0.771.